The van der Waals surface area contributed by atoms with E-state index in [1.54, 1.807) is 18.3 Å². The van der Waals surface area contributed by atoms with Crippen LogP contribution in [0.3, 0.4) is 0 Å². The Kier molecular flexibility index (Phi) is 4.50. The fraction of sp³-hybridized carbons (Fsp3) is 0.143. The Bertz CT molecular complexity index is 760. The lowest BCUT2D eigenvalue weighted by molar-refractivity contribution is 0.381. The molecule has 0 fully saturated rings. The third-order valence-electron chi connectivity index (χ3n) is 2.82. The van der Waals surface area contributed by atoms with Crippen LogP contribution in [0.1, 0.15) is 5.89 Å². The van der Waals surface area contributed by atoms with Crippen molar-refractivity contribution in [1.82, 2.24) is 20.1 Å². The largest absolute Gasteiger partial charge is 0.368 e. The summed E-state index contributed by atoms with van der Waals surface area (Å²) in [7, 11) is 0. The fourth-order valence-electron chi connectivity index (χ4n) is 1.80. The van der Waals surface area contributed by atoms with E-state index in [4.69, 9.17) is 27.7 Å². The van der Waals surface area contributed by atoms with Gasteiger partial charge >= 0.3 is 0 Å². The summed E-state index contributed by atoms with van der Waals surface area (Å²) in [5, 5.41) is 8.04. The predicted octanol–water partition coefficient (Wildman–Crippen LogP) is 3.49. The lowest BCUT2D eigenvalue weighted by Crippen LogP contribution is -2.06. The van der Waals surface area contributed by atoms with Crippen LogP contribution in [-0.4, -0.2) is 26.7 Å². The van der Waals surface area contributed by atoms with E-state index in [0.717, 1.165) is 5.56 Å². The van der Waals surface area contributed by atoms with E-state index in [1.807, 2.05) is 12.1 Å². The third-order valence-corrected chi connectivity index (χ3v) is 3.25. The number of aromatic nitrogens is 4. The average molecular weight is 336 g/mol. The van der Waals surface area contributed by atoms with Gasteiger partial charge in [-0.1, -0.05) is 28.4 Å². The molecule has 0 amide bonds. The van der Waals surface area contributed by atoms with Crippen molar-refractivity contribution in [2.75, 3.05) is 11.9 Å². The van der Waals surface area contributed by atoms with Gasteiger partial charge in [-0.2, -0.15) is 4.98 Å². The van der Waals surface area contributed by atoms with Gasteiger partial charge in [0, 0.05) is 23.6 Å². The van der Waals surface area contributed by atoms with E-state index >= 15 is 0 Å². The Hall–Kier alpha value is -2.18. The number of halogens is 2. The van der Waals surface area contributed by atoms with Crippen molar-refractivity contribution in [2.45, 2.75) is 6.42 Å². The van der Waals surface area contributed by atoms with Crippen molar-refractivity contribution >= 4 is 29.0 Å². The first-order valence-corrected chi connectivity index (χ1v) is 7.26. The lowest BCUT2D eigenvalue weighted by atomic mass is 10.2. The molecule has 0 spiro atoms. The number of nitrogens with one attached hydrogen (secondary N) is 1. The van der Waals surface area contributed by atoms with Crippen LogP contribution in [0.15, 0.2) is 41.2 Å². The van der Waals surface area contributed by atoms with Crippen LogP contribution in [0.4, 0.5) is 5.82 Å². The minimum absolute atomic E-state index is 0.341. The zero-order valence-electron chi connectivity index (χ0n) is 11.3. The van der Waals surface area contributed by atoms with E-state index in [9.17, 15) is 0 Å². The zero-order valence-corrected chi connectivity index (χ0v) is 12.8. The van der Waals surface area contributed by atoms with Gasteiger partial charge in [-0.15, -0.1) is 0 Å². The minimum Gasteiger partial charge on any atom is -0.368 e. The topological polar surface area (TPSA) is 76.7 Å². The Labute approximate surface area is 136 Å². The summed E-state index contributed by atoms with van der Waals surface area (Å²) in [4.78, 5) is 12.4. The van der Waals surface area contributed by atoms with Gasteiger partial charge in [-0.25, -0.2) is 4.98 Å². The highest BCUT2D eigenvalue weighted by molar-refractivity contribution is 6.30. The molecule has 0 bridgehead atoms. The van der Waals surface area contributed by atoms with Gasteiger partial charge in [-0.3, -0.25) is 4.98 Å². The summed E-state index contributed by atoms with van der Waals surface area (Å²) < 4.78 is 5.21. The van der Waals surface area contributed by atoms with Gasteiger partial charge in [0.1, 0.15) is 11.0 Å². The molecule has 1 aromatic carbocycles. The van der Waals surface area contributed by atoms with E-state index in [0.29, 0.717) is 40.7 Å². The molecule has 22 heavy (non-hydrogen) atoms. The number of rotatable bonds is 5. The second-order valence-corrected chi connectivity index (χ2v) is 5.25. The number of hydrogen-bond donors (Lipinski definition) is 1. The molecule has 0 saturated carbocycles. The normalized spacial score (nSPS) is 10.6. The lowest BCUT2D eigenvalue weighted by Gasteiger charge is -2.02. The number of anilines is 1. The monoisotopic (exact) mass is 335 g/mol. The quantitative estimate of drug-likeness (QED) is 0.769. The highest BCUT2D eigenvalue weighted by Crippen LogP contribution is 2.18. The SMILES string of the molecule is Clc1ccc(-c2noc(CCNc3cncc(Cl)n3)n2)cc1. The van der Waals surface area contributed by atoms with E-state index in [2.05, 4.69) is 25.4 Å². The maximum absolute atomic E-state index is 5.85. The molecule has 2 aromatic heterocycles. The maximum atomic E-state index is 5.85. The molecule has 0 aliphatic rings. The van der Waals surface area contributed by atoms with Crippen molar-refractivity contribution in [3.8, 4) is 11.4 Å². The van der Waals surface area contributed by atoms with Gasteiger partial charge in [0.05, 0.1) is 12.4 Å². The van der Waals surface area contributed by atoms with Crippen LogP contribution in [0.5, 0.6) is 0 Å². The van der Waals surface area contributed by atoms with Crippen LogP contribution < -0.4 is 5.32 Å². The van der Waals surface area contributed by atoms with Crippen LogP contribution in [0.25, 0.3) is 11.4 Å². The molecule has 8 heteroatoms. The van der Waals surface area contributed by atoms with Crippen LogP contribution in [-0.2, 0) is 6.42 Å². The molecule has 2 heterocycles. The fourth-order valence-corrected chi connectivity index (χ4v) is 2.07. The molecule has 3 aromatic rings. The van der Waals surface area contributed by atoms with E-state index < -0.39 is 0 Å². The summed E-state index contributed by atoms with van der Waals surface area (Å²) in [6.07, 6.45) is 3.64. The molecular weight excluding hydrogens is 325 g/mol. The van der Waals surface area contributed by atoms with Crippen molar-refractivity contribution in [3.05, 3.63) is 52.7 Å². The summed E-state index contributed by atoms with van der Waals surface area (Å²) >= 11 is 11.6. The number of nitrogens with zero attached hydrogens (tertiary/aromatic N) is 4. The van der Waals surface area contributed by atoms with Gasteiger partial charge in [0.25, 0.3) is 0 Å². The zero-order chi connectivity index (χ0) is 15.4. The molecule has 1 N–H and O–H groups in total. The van der Waals surface area contributed by atoms with Gasteiger partial charge in [0.2, 0.25) is 11.7 Å². The van der Waals surface area contributed by atoms with Gasteiger partial charge in [0.15, 0.2) is 0 Å². The first kappa shape index (κ1) is 14.7. The Morgan fingerprint density at radius 2 is 1.86 bits per heavy atom. The van der Waals surface area contributed by atoms with Crippen molar-refractivity contribution in [2.24, 2.45) is 0 Å². The Balaban J connectivity index is 1.59. The first-order chi connectivity index (χ1) is 10.7. The van der Waals surface area contributed by atoms with E-state index in [1.165, 1.54) is 6.20 Å². The van der Waals surface area contributed by atoms with Crippen molar-refractivity contribution in [1.29, 1.82) is 0 Å². The smallest absolute Gasteiger partial charge is 0.228 e. The first-order valence-electron chi connectivity index (χ1n) is 6.50. The molecule has 0 saturated heterocycles. The van der Waals surface area contributed by atoms with E-state index in [-0.39, 0.29) is 0 Å². The summed E-state index contributed by atoms with van der Waals surface area (Å²) in [5.74, 6) is 1.67. The van der Waals surface area contributed by atoms with Gasteiger partial charge < -0.3 is 9.84 Å². The van der Waals surface area contributed by atoms with Crippen LogP contribution >= 0.6 is 23.2 Å². The molecule has 0 unspecified atom stereocenters. The molecule has 3 rings (SSSR count). The summed E-state index contributed by atoms with van der Waals surface area (Å²) in [6, 6.07) is 7.26. The number of benzene rings is 1. The second-order valence-electron chi connectivity index (χ2n) is 4.42. The Morgan fingerprint density at radius 1 is 1.05 bits per heavy atom. The standard InChI is InChI=1S/C14H11Cl2N5O/c15-10-3-1-9(2-4-10)14-20-13(22-21-14)5-6-18-12-8-17-7-11(16)19-12/h1-4,7-8H,5-6H2,(H,18,19). The summed E-state index contributed by atoms with van der Waals surface area (Å²) in [6.45, 7) is 0.581. The third kappa shape index (κ3) is 3.72. The van der Waals surface area contributed by atoms with Gasteiger partial charge in [-0.05, 0) is 24.3 Å². The maximum Gasteiger partial charge on any atom is 0.228 e. The van der Waals surface area contributed by atoms with Crippen LogP contribution in [0, 0.1) is 0 Å². The molecule has 0 radical (unpaired) electrons. The predicted molar refractivity (Wildman–Crippen MR) is 84.0 cm³/mol. The Morgan fingerprint density at radius 3 is 2.64 bits per heavy atom. The highest BCUT2D eigenvalue weighted by Gasteiger charge is 2.08. The highest BCUT2D eigenvalue weighted by atomic mass is 35.5. The second kappa shape index (κ2) is 6.72. The molecule has 0 aliphatic heterocycles. The number of hydrogen-bond acceptors (Lipinski definition) is 6. The van der Waals surface area contributed by atoms with Crippen LogP contribution in [0.2, 0.25) is 10.2 Å². The van der Waals surface area contributed by atoms with Crippen molar-refractivity contribution in [3.63, 3.8) is 0 Å². The summed E-state index contributed by atoms with van der Waals surface area (Å²) in [5.41, 5.74) is 0.855. The van der Waals surface area contributed by atoms with Crippen molar-refractivity contribution < 1.29 is 4.52 Å². The molecule has 112 valence electrons. The average Bonchev–Trinajstić information content (AvgIpc) is 2.97. The minimum atomic E-state index is 0.341. The molecule has 0 aliphatic carbocycles. The molecular formula is C14H11Cl2N5O. The molecule has 0 atom stereocenters. The molecule has 6 nitrogen and oxygen atoms in total.